The molecule has 0 atom stereocenters. The summed E-state index contributed by atoms with van der Waals surface area (Å²) >= 11 is 0. The smallest absolute Gasteiger partial charge is 0.526 e. The van der Waals surface area contributed by atoms with Crippen molar-refractivity contribution < 1.29 is 9.31 Å². The summed E-state index contributed by atoms with van der Waals surface area (Å²) < 4.78 is 12.5. The molecule has 0 saturated heterocycles. The summed E-state index contributed by atoms with van der Waals surface area (Å²) in [6.07, 6.45) is 0. The molecule has 0 bridgehead atoms. The van der Waals surface area contributed by atoms with Crippen LogP contribution in [0.3, 0.4) is 0 Å². The van der Waals surface area contributed by atoms with Gasteiger partial charge in [-0.1, -0.05) is 97.1 Å². The first-order chi connectivity index (χ1) is 19.3. The van der Waals surface area contributed by atoms with Gasteiger partial charge in [0, 0.05) is 10.8 Å². The molecule has 8 aromatic carbocycles. The van der Waals surface area contributed by atoms with Crippen molar-refractivity contribution >= 4 is 72.3 Å². The number of hydrogen-bond donors (Lipinski definition) is 0. The summed E-state index contributed by atoms with van der Waals surface area (Å²) in [6, 6.07) is 46.9. The highest BCUT2D eigenvalue weighted by Crippen LogP contribution is 2.37. The lowest BCUT2D eigenvalue weighted by atomic mass is 9.97. The Hall–Kier alpha value is -5.02. The molecule has 0 N–H and O–H groups in total. The van der Waals surface area contributed by atoms with Gasteiger partial charge in [-0.05, 0) is 90.3 Å². The van der Waals surface area contributed by atoms with Crippen molar-refractivity contribution in [3.8, 4) is 11.5 Å². The fourth-order valence-electron chi connectivity index (χ4n) is 5.86. The molecule has 2 nitrogen and oxygen atoms in total. The number of fused-ring (bicyclic) bond motifs is 8. The summed E-state index contributed by atoms with van der Waals surface area (Å²) in [5.41, 5.74) is 0. The van der Waals surface area contributed by atoms with Crippen molar-refractivity contribution in [2.75, 3.05) is 0 Å². The van der Waals surface area contributed by atoms with E-state index in [0.717, 1.165) is 33.0 Å². The molecule has 0 heterocycles. The van der Waals surface area contributed by atoms with Crippen LogP contribution in [-0.4, -0.2) is 7.69 Å². The summed E-state index contributed by atoms with van der Waals surface area (Å²) in [4.78, 5) is 0. The van der Waals surface area contributed by atoms with Crippen molar-refractivity contribution in [3.63, 3.8) is 0 Å². The van der Waals surface area contributed by atoms with E-state index in [0.29, 0.717) is 0 Å². The van der Waals surface area contributed by atoms with Crippen LogP contribution in [-0.2, 0) is 0 Å². The average molecular weight is 497 g/mol. The number of rotatable bonds is 4. The maximum absolute atomic E-state index is 6.23. The second kappa shape index (κ2) is 8.78. The lowest BCUT2D eigenvalue weighted by Crippen LogP contribution is -2.11. The third kappa shape index (κ3) is 3.66. The van der Waals surface area contributed by atoms with Crippen LogP contribution in [0.15, 0.2) is 133 Å². The van der Waals surface area contributed by atoms with E-state index < -0.39 is 0 Å². The van der Waals surface area contributed by atoms with Gasteiger partial charge in [0.1, 0.15) is 11.5 Å². The SMILES string of the molecule is [B](Oc1cccc2ccc3cc4ccccc4cc3c12)Oc1cccc2ccc3cc4ccccc4cc3c12. The van der Waals surface area contributed by atoms with Gasteiger partial charge in [-0.2, -0.15) is 0 Å². The molecule has 0 aromatic heterocycles. The number of benzene rings is 8. The predicted molar refractivity (Wildman–Crippen MR) is 165 cm³/mol. The second-order valence-electron chi connectivity index (χ2n) is 10.0. The van der Waals surface area contributed by atoms with Crippen LogP contribution in [0.2, 0.25) is 0 Å². The Balaban J connectivity index is 1.20. The Labute approximate surface area is 226 Å². The zero-order chi connectivity index (χ0) is 25.8. The zero-order valence-corrected chi connectivity index (χ0v) is 21.1. The third-order valence-corrected chi connectivity index (χ3v) is 7.73. The molecule has 0 fully saturated rings. The van der Waals surface area contributed by atoms with Gasteiger partial charge in [-0.15, -0.1) is 0 Å². The van der Waals surface area contributed by atoms with Gasteiger partial charge in [0.2, 0.25) is 0 Å². The van der Waals surface area contributed by atoms with Crippen molar-refractivity contribution in [2.45, 2.75) is 0 Å². The van der Waals surface area contributed by atoms with Crippen LogP contribution in [0.1, 0.15) is 0 Å². The predicted octanol–water partition coefficient (Wildman–Crippen LogP) is 9.60. The van der Waals surface area contributed by atoms with E-state index in [4.69, 9.17) is 9.31 Å². The van der Waals surface area contributed by atoms with Gasteiger partial charge in [0.05, 0.1) is 0 Å². The molecule has 0 aliphatic rings. The van der Waals surface area contributed by atoms with Crippen molar-refractivity contribution in [1.29, 1.82) is 0 Å². The molecule has 0 saturated carbocycles. The van der Waals surface area contributed by atoms with E-state index in [-0.39, 0.29) is 0 Å². The van der Waals surface area contributed by atoms with Crippen molar-refractivity contribution in [1.82, 2.24) is 0 Å². The minimum absolute atomic E-state index is 0.768. The van der Waals surface area contributed by atoms with E-state index in [9.17, 15) is 0 Å². The Morgan fingerprint density at radius 1 is 0.333 bits per heavy atom. The second-order valence-corrected chi connectivity index (χ2v) is 10.0. The number of hydrogen-bond acceptors (Lipinski definition) is 2. The fraction of sp³-hybridized carbons (Fsp3) is 0. The molecule has 1 radical (unpaired) electrons. The normalized spacial score (nSPS) is 11.6. The van der Waals surface area contributed by atoms with Crippen LogP contribution in [0, 0.1) is 0 Å². The van der Waals surface area contributed by atoms with Gasteiger partial charge < -0.3 is 9.31 Å². The minimum Gasteiger partial charge on any atom is -0.526 e. The maximum Gasteiger partial charge on any atom is 0.658 e. The molecule has 0 unspecified atom stereocenters. The molecule has 0 aliphatic heterocycles. The lowest BCUT2D eigenvalue weighted by molar-refractivity contribution is 0.465. The Bertz CT molecular complexity index is 2060. The van der Waals surface area contributed by atoms with E-state index in [1.807, 2.05) is 24.3 Å². The van der Waals surface area contributed by atoms with Gasteiger partial charge in [0.25, 0.3) is 0 Å². The topological polar surface area (TPSA) is 18.5 Å². The first kappa shape index (κ1) is 22.0. The molecule has 8 aromatic rings. The highest BCUT2D eigenvalue weighted by molar-refractivity contribution is 6.24. The van der Waals surface area contributed by atoms with Crippen LogP contribution < -0.4 is 9.31 Å². The van der Waals surface area contributed by atoms with Gasteiger partial charge >= 0.3 is 7.69 Å². The summed E-state index contributed by atoms with van der Waals surface area (Å²) in [5.74, 6) is 1.54. The first-order valence-corrected chi connectivity index (χ1v) is 13.2. The average Bonchev–Trinajstić information content (AvgIpc) is 2.99. The summed E-state index contributed by atoms with van der Waals surface area (Å²) in [7, 11) is 1.46. The van der Waals surface area contributed by atoms with Crippen molar-refractivity contribution in [2.24, 2.45) is 0 Å². The molecule has 0 spiro atoms. The highest BCUT2D eigenvalue weighted by Gasteiger charge is 2.13. The molecule has 8 rings (SSSR count). The molecular weight excluding hydrogens is 475 g/mol. The molecule has 3 heteroatoms. The Morgan fingerprint density at radius 2 is 0.718 bits per heavy atom. The molecule has 39 heavy (non-hydrogen) atoms. The van der Waals surface area contributed by atoms with E-state index >= 15 is 0 Å². The molecule has 181 valence electrons. The van der Waals surface area contributed by atoms with Crippen LogP contribution in [0.4, 0.5) is 0 Å². The maximum atomic E-state index is 6.23. The van der Waals surface area contributed by atoms with Crippen molar-refractivity contribution in [3.05, 3.63) is 133 Å². The summed E-state index contributed by atoms with van der Waals surface area (Å²) in [6.45, 7) is 0. The highest BCUT2D eigenvalue weighted by atomic mass is 16.6. The molecule has 0 amide bonds. The van der Waals surface area contributed by atoms with E-state index in [1.54, 1.807) is 0 Å². The Morgan fingerprint density at radius 3 is 1.18 bits per heavy atom. The lowest BCUT2D eigenvalue weighted by Gasteiger charge is -2.14. The molecule has 0 aliphatic carbocycles. The third-order valence-electron chi connectivity index (χ3n) is 7.73. The van der Waals surface area contributed by atoms with Crippen LogP contribution >= 0.6 is 0 Å². The largest absolute Gasteiger partial charge is 0.658 e. The minimum atomic E-state index is 0.768. The molecular formula is C36H22BO2. The van der Waals surface area contributed by atoms with Crippen LogP contribution in [0.25, 0.3) is 64.6 Å². The van der Waals surface area contributed by atoms with Gasteiger partial charge in [0.15, 0.2) is 0 Å². The monoisotopic (exact) mass is 497 g/mol. The fourth-order valence-corrected chi connectivity index (χ4v) is 5.86. The van der Waals surface area contributed by atoms with Gasteiger partial charge in [-0.3, -0.25) is 0 Å². The first-order valence-electron chi connectivity index (χ1n) is 13.2. The van der Waals surface area contributed by atoms with Crippen LogP contribution in [0.5, 0.6) is 11.5 Å². The van der Waals surface area contributed by atoms with E-state index in [1.165, 1.54) is 50.8 Å². The standard InChI is InChI=1S/C36H22BO2/c1-3-9-27-21-31-29(19-25(27)7-1)17-15-23-11-5-13-33(35(23)31)38-37-39-34-14-6-12-24-16-18-30-20-26-8-2-4-10-28(26)22-32(30)36(24)34/h1-22H. The van der Waals surface area contributed by atoms with Gasteiger partial charge in [-0.25, -0.2) is 0 Å². The summed E-state index contributed by atoms with van der Waals surface area (Å²) in [5, 5.41) is 14.0. The quantitative estimate of drug-likeness (QED) is 0.137. The van der Waals surface area contributed by atoms with E-state index in [2.05, 4.69) is 109 Å². The Kier molecular flexibility index (Phi) is 4.96. The zero-order valence-electron chi connectivity index (χ0n) is 21.1.